The smallest absolute Gasteiger partial charge is 0.309 e. The van der Waals surface area contributed by atoms with Crippen molar-refractivity contribution < 1.29 is 37.3 Å². The molecule has 0 radical (unpaired) electrons. The van der Waals surface area contributed by atoms with Gasteiger partial charge in [0.2, 0.25) is 10.0 Å². The number of rotatable bonds is 15. The van der Waals surface area contributed by atoms with E-state index in [0.29, 0.717) is 26.2 Å². The first-order valence-corrected chi connectivity index (χ1v) is 18.4. The van der Waals surface area contributed by atoms with Gasteiger partial charge in [-0.25, -0.2) is 8.42 Å². The molecular formula is C38H50N2O8S. The minimum Gasteiger partial charge on any atom is -0.490 e. The number of aliphatic carboxylic acids is 1. The summed E-state index contributed by atoms with van der Waals surface area (Å²) in [7, 11) is -0.620. The standard InChI is InChI=1S/C38H50N2O8S/c1-27-7-14-32(15-8-27)49(43,44)40-24-36(48-26-29-11-16-35-34(21-29)39(18-20-47-35)17-6-19-45-4)33(22-31(40)23-38(2,3)37(41)42)30-12-9-28(10-13-30)25-46-5/h7-16,21,31,33,36H,6,17-20,22-26H2,1-5H3,(H,41,42)/t31-,33+,36-/m0/s1. The number of nitrogens with zero attached hydrogens (tertiary/aromatic N) is 2. The molecule has 11 heteroatoms. The van der Waals surface area contributed by atoms with Crippen LogP contribution >= 0.6 is 0 Å². The summed E-state index contributed by atoms with van der Waals surface area (Å²) in [5, 5.41) is 10.1. The number of anilines is 1. The highest BCUT2D eigenvalue weighted by Crippen LogP contribution is 2.41. The zero-order valence-corrected chi connectivity index (χ0v) is 30.1. The summed E-state index contributed by atoms with van der Waals surface area (Å²) in [5.74, 6) is -0.313. The number of sulfonamides is 1. The van der Waals surface area contributed by atoms with Crippen LogP contribution in [0.25, 0.3) is 0 Å². The normalized spacial score (nSPS) is 20.1. The number of carboxylic acid groups (broad SMARTS) is 1. The van der Waals surface area contributed by atoms with Gasteiger partial charge in [-0.3, -0.25) is 4.79 Å². The highest BCUT2D eigenvalue weighted by Gasteiger charge is 2.46. The quantitative estimate of drug-likeness (QED) is 0.191. The molecule has 3 aromatic carbocycles. The van der Waals surface area contributed by atoms with Crippen LogP contribution < -0.4 is 9.64 Å². The van der Waals surface area contributed by atoms with Crippen LogP contribution in [0.3, 0.4) is 0 Å². The van der Waals surface area contributed by atoms with Crippen molar-refractivity contribution in [2.24, 2.45) is 5.41 Å². The lowest BCUT2D eigenvalue weighted by molar-refractivity contribution is -0.148. The Morgan fingerprint density at radius 3 is 2.37 bits per heavy atom. The van der Waals surface area contributed by atoms with Crippen LogP contribution in [-0.2, 0) is 42.2 Å². The van der Waals surface area contributed by atoms with Gasteiger partial charge in [0.25, 0.3) is 0 Å². The molecule has 3 aromatic rings. The minimum absolute atomic E-state index is 0.0816. The third-order valence-electron chi connectivity index (χ3n) is 9.64. The monoisotopic (exact) mass is 694 g/mol. The van der Waals surface area contributed by atoms with Gasteiger partial charge in [-0.15, -0.1) is 0 Å². The van der Waals surface area contributed by atoms with E-state index in [2.05, 4.69) is 11.0 Å². The maximum absolute atomic E-state index is 14.3. The van der Waals surface area contributed by atoms with Crippen molar-refractivity contribution in [2.75, 3.05) is 52.0 Å². The number of benzene rings is 3. The number of ether oxygens (including phenoxy) is 4. The SMILES string of the molecule is COCCCN1CCOc2ccc(CO[C@H]3CN(S(=O)(=O)c4ccc(C)cc4)[C@H](CC(C)(C)C(=O)O)C[C@@H]3c3ccc(COC)cc3)cc21. The molecule has 0 saturated carbocycles. The van der Waals surface area contributed by atoms with Crippen LogP contribution in [0, 0.1) is 12.3 Å². The third kappa shape index (κ3) is 8.82. The van der Waals surface area contributed by atoms with E-state index in [9.17, 15) is 18.3 Å². The Morgan fingerprint density at radius 1 is 0.980 bits per heavy atom. The minimum atomic E-state index is -3.98. The lowest BCUT2D eigenvalue weighted by Gasteiger charge is -2.45. The summed E-state index contributed by atoms with van der Waals surface area (Å²) < 4.78 is 53.4. The lowest BCUT2D eigenvalue weighted by atomic mass is 9.77. The first-order valence-electron chi connectivity index (χ1n) is 16.9. The topological polar surface area (TPSA) is 115 Å². The largest absolute Gasteiger partial charge is 0.490 e. The van der Waals surface area contributed by atoms with Crippen LogP contribution in [0.15, 0.2) is 71.6 Å². The fourth-order valence-corrected chi connectivity index (χ4v) is 8.46. The van der Waals surface area contributed by atoms with Crippen molar-refractivity contribution in [2.45, 2.75) is 76.2 Å². The average Bonchev–Trinajstić information content (AvgIpc) is 3.08. The number of aryl methyl sites for hydroxylation is 1. The molecule has 0 aliphatic carbocycles. The van der Waals surface area contributed by atoms with Gasteiger partial charge in [0, 0.05) is 45.9 Å². The Labute approximate surface area is 291 Å². The summed E-state index contributed by atoms with van der Waals surface area (Å²) in [6, 6.07) is 20.4. The molecule has 49 heavy (non-hydrogen) atoms. The highest BCUT2D eigenvalue weighted by atomic mass is 32.2. The van der Waals surface area contributed by atoms with E-state index in [1.54, 1.807) is 52.3 Å². The van der Waals surface area contributed by atoms with Crippen molar-refractivity contribution in [3.8, 4) is 5.75 Å². The number of methoxy groups -OCH3 is 2. The highest BCUT2D eigenvalue weighted by molar-refractivity contribution is 7.89. The van der Waals surface area contributed by atoms with Crippen molar-refractivity contribution in [1.29, 1.82) is 0 Å². The number of fused-ring (bicyclic) bond motifs is 1. The Morgan fingerprint density at radius 2 is 1.69 bits per heavy atom. The molecule has 3 atom stereocenters. The molecule has 266 valence electrons. The van der Waals surface area contributed by atoms with Gasteiger partial charge in [-0.05, 0) is 81.0 Å². The van der Waals surface area contributed by atoms with E-state index in [1.807, 2.05) is 43.3 Å². The molecule has 10 nitrogen and oxygen atoms in total. The Balaban J connectivity index is 1.48. The summed E-state index contributed by atoms with van der Waals surface area (Å²) in [6.45, 7) is 8.97. The molecule has 0 amide bonds. The second-order valence-corrected chi connectivity index (χ2v) is 15.7. The second-order valence-electron chi connectivity index (χ2n) is 13.8. The van der Waals surface area contributed by atoms with E-state index in [1.165, 1.54) is 4.31 Å². The van der Waals surface area contributed by atoms with E-state index >= 15 is 0 Å². The predicted octanol–water partition coefficient (Wildman–Crippen LogP) is 6.01. The number of piperidine rings is 1. The van der Waals surface area contributed by atoms with E-state index in [0.717, 1.165) is 53.2 Å². The summed E-state index contributed by atoms with van der Waals surface area (Å²) >= 11 is 0. The fraction of sp³-hybridized carbons (Fsp3) is 0.500. The molecular weight excluding hydrogens is 644 g/mol. The Hall–Kier alpha value is -3.48. The van der Waals surface area contributed by atoms with Crippen LogP contribution in [0.4, 0.5) is 5.69 Å². The molecule has 0 aromatic heterocycles. The van der Waals surface area contributed by atoms with Crippen LogP contribution in [0.5, 0.6) is 5.75 Å². The molecule has 2 heterocycles. The number of hydrogen-bond acceptors (Lipinski definition) is 8. The molecule has 1 saturated heterocycles. The Bertz CT molecular complexity index is 1660. The van der Waals surface area contributed by atoms with Crippen molar-refractivity contribution in [3.05, 3.63) is 89.0 Å². The van der Waals surface area contributed by atoms with Crippen LogP contribution in [0.1, 0.15) is 61.3 Å². The zero-order valence-electron chi connectivity index (χ0n) is 29.3. The van der Waals surface area contributed by atoms with Gasteiger partial charge >= 0.3 is 5.97 Å². The fourth-order valence-electron chi connectivity index (χ4n) is 6.81. The maximum atomic E-state index is 14.3. The van der Waals surface area contributed by atoms with E-state index < -0.39 is 33.6 Å². The van der Waals surface area contributed by atoms with E-state index in [4.69, 9.17) is 18.9 Å². The van der Waals surface area contributed by atoms with Gasteiger partial charge in [0.05, 0.1) is 41.9 Å². The van der Waals surface area contributed by atoms with Crippen LogP contribution in [-0.4, -0.2) is 83.0 Å². The second kappa shape index (κ2) is 16.0. The van der Waals surface area contributed by atoms with Crippen molar-refractivity contribution >= 4 is 21.7 Å². The van der Waals surface area contributed by atoms with Gasteiger partial charge in [0.1, 0.15) is 12.4 Å². The number of carbonyl (C=O) groups is 1. The third-order valence-corrected chi connectivity index (χ3v) is 11.6. The first-order chi connectivity index (χ1) is 23.4. The first kappa shape index (κ1) is 36.8. The zero-order chi connectivity index (χ0) is 35.2. The molecule has 1 N–H and O–H groups in total. The van der Waals surface area contributed by atoms with Gasteiger partial charge in [-0.1, -0.05) is 48.0 Å². The molecule has 0 bridgehead atoms. The predicted molar refractivity (Wildman–Crippen MR) is 189 cm³/mol. The summed E-state index contributed by atoms with van der Waals surface area (Å²) in [5.41, 5.74) is 3.81. The maximum Gasteiger partial charge on any atom is 0.309 e. The molecule has 5 rings (SSSR count). The number of carboxylic acids is 1. The van der Waals surface area contributed by atoms with Crippen molar-refractivity contribution in [1.82, 2.24) is 4.31 Å². The summed E-state index contributed by atoms with van der Waals surface area (Å²) in [6.07, 6.45) is 0.959. The van der Waals surface area contributed by atoms with E-state index in [-0.39, 0.29) is 30.4 Å². The van der Waals surface area contributed by atoms with Crippen LogP contribution in [0.2, 0.25) is 0 Å². The van der Waals surface area contributed by atoms with Crippen molar-refractivity contribution in [3.63, 3.8) is 0 Å². The summed E-state index contributed by atoms with van der Waals surface area (Å²) in [4.78, 5) is 14.8. The van der Waals surface area contributed by atoms with Gasteiger partial charge in [-0.2, -0.15) is 4.31 Å². The number of hydrogen-bond donors (Lipinski definition) is 1. The molecule has 2 aliphatic rings. The molecule has 0 unspecified atom stereocenters. The van der Waals surface area contributed by atoms with Gasteiger partial charge < -0.3 is 29.0 Å². The lowest BCUT2D eigenvalue weighted by Crippen LogP contribution is -2.53. The molecule has 1 fully saturated rings. The molecule has 2 aliphatic heterocycles. The average molecular weight is 695 g/mol. The Kier molecular flexibility index (Phi) is 12.0. The van der Waals surface area contributed by atoms with Gasteiger partial charge in [0.15, 0.2) is 0 Å². The molecule has 0 spiro atoms.